The molecule has 0 saturated carbocycles. The van der Waals surface area contributed by atoms with Gasteiger partial charge in [-0.2, -0.15) is 0 Å². The third-order valence-corrected chi connectivity index (χ3v) is 5.20. The first kappa shape index (κ1) is 20.1. The predicted molar refractivity (Wildman–Crippen MR) is 105 cm³/mol. The van der Waals surface area contributed by atoms with Crippen LogP contribution in [0.2, 0.25) is 5.02 Å². The molecule has 0 unspecified atom stereocenters. The molecule has 1 amide bonds. The Hall–Kier alpha value is -2.25. The maximum Gasteiger partial charge on any atom is 0.245 e. The molecule has 0 saturated heterocycles. The quantitative estimate of drug-likeness (QED) is 0.812. The first-order valence-corrected chi connectivity index (χ1v) is 10.0. The Morgan fingerprint density at radius 2 is 1.88 bits per heavy atom. The maximum absolute atomic E-state index is 12.4. The molecule has 2 rings (SSSR count). The lowest BCUT2D eigenvalue weighted by molar-refractivity contribution is -0.114. The van der Waals surface area contributed by atoms with Crippen LogP contribution in [0.25, 0.3) is 0 Å². The predicted octanol–water partition coefficient (Wildman–Crippen LogP) is 3.37. The minimum absolute atomic E-state index is 0.258. The Morgan fingerprint density at radius 1 is 1.19 bits per heavy atom. The summed E-state index contributed by atoms with van der Waals surface area (Å²) in [6.07, 6.45) is 1.04. The van der Waals surface area contributed by atoms with E-state index in [2.05, 4.69) is 5.32 Å². The zero-order valence-electron chi connectivity index (χ0n) is 15.0. The highest BCUT2D eigenvalue weighted by Crippen LogP contribution is 2.30. The van der Waals surface area contributed by atoms with E-state index in [0.717, 1.165) is 21.7 Å². The lowest BCUT2D eigenvalue weighted by Gasteiger charge is -2.22. The summed E-state index contributed by atoms with van der Waals surface area (Å²) in [7, 11) is -2.22. The summed E-state index contributed by atoms with van der Waals surface area (Å²) in [5, 5.41) is 3.00. The molecule has 0 spiro atoms. The number of hydrogen-bond acceptors (Lipinski definition) is 4. The van der Waals surface area contributed by atoms with E-state index in [4.69, 9.17) is 16.3 Å². The number of carbonyl (C=O) groups excluding carboxylic acids is 1. The molecule has 0 bridgehead atoms. The summed E-state index contributed by atoms with van der Waals surface area (Å²) >= 11 is 6.08. The van der Waals surface area contributed by atoms with Crippen molar-refractivity contribution in [3.8, 4) is 5.75 Å². The van der Waals surface area contributed by atoms with Gasteiger partial charge < -0.3 is 10.1 Å². The van der Waals surface area contributed by atoms with Crippen LogP contribution in [0.15, 0.2) is 36.4 Å². The first-order valence-electron chi connectivity index (χ1n) is 7.80. The van der Waals surface area contributed by atoms with Crippen LogP contribution in [-0.2, 0) is 14.8 Å². The zero-order chi connectivity index (χ0) is 19.5. The Balaban J connectivity index is 2.25. The van der Waals surface area contributed by atoms with Gasteiger partial charge in [-0.3, -0.25) is 9.10 Å². The summed E-state index contributed by atoms with van der Waals surface area (Å²) in [6, 6.07) is 10.1. The van der Waals surface area contributed by atoms with Crippen molar-refractivity contribution in [1.29, 1.82) is 0 Å². The van der Waals surface area contributed by atoms with Gasteiger partial charge in [0, 0.05) is 5.69 Å². The molecule has 0 radical (unpaired) electrons. The third-order valence-electron chi connectivity index (χ3n) is 3.77. The second kappa shape index (κ2) is 7.97. The van der Waals surface area contributed by atoms with Crippen molar-refractivity contribution in [1.82, 2.24) is 0 Å². The Morgan fingerprint density at radius 3 is 2.42 bits per heavy atom. The summed E-state index contributed by atoms with van der Waals surface area (Å²) in [4.78, 5) is 12.4. The molecular formula is C18H21ClN2O4S. The van der Waals surface area contributed by atoms with Crippen LogP contribution < -0.4 is 14.4 Å². The highest BCUT2D eigenvalue weighted by Gasteiger charge is 2.22. The number of sulfonamides is 1. The van der Waals surface area contributed by atoms with E-state index in [0.29, 0.717) is 11.4 Å². The van der Waals surface area contributed by atoms with Crippen molar-refractivity contribution >= 4 is 38.9 Å². The lowest BCUT2D eigenvalue weighted by Crippen LogP contribution is -2.37. The van der Waals surface area contributed by atoms with Crippen LogP contribution in [-0.4, -0.2) is 34.2 Å². The fraction of sp³-hybridized carbons (Fsp3) is 0.278. The van der Waals surface area contributed by atoms with Crippen molar-refractivity contribution in [2.24, 2.45) is 0 Å². The van der Waals surface area contributed by atoms with Crippen molar-refractivity contribution < 1.29 is 17.9 Å². The second-order valence-corrected chi connectivity index (χ2v) is 8.27. The van der Waals surface area contributed by atoms with Crippen LogP contribution >= 0.6 is 11.6 Å². The Bertz CT molecular complexity index is 929. The van der Waals surface area contributed by atoms with Gasteiger partial charge in [0.2, 0.25) is 15.9 Å². The number of carbonyl (C=O) groups is 1. The average molecular weight is 397 g/mol. The number of nitrogens with zero attached hydrogens (tertiary/aromatic N) is 1. The van der Waals surface area contributed by atoms with E-state index < -0.39 is 15.9 Å². The number of anilines is 2. The van der Waals surface area contributed by atoms with E-state index >= 15 is 0 Å². The molecule has 0 aliphatic heterocycles. The van der Waals surface area contributed by atoms with Gasteiger partial charge in [-0.05, 0) is 43.7 Å². The standard InChI is InChI=1S/C18H21ClN2O4S/c1-12-5-7-16(13(2)9-12)20-18(22)11-21(26(4,23)24)14-6-8-17(25-3)15(19)10-14/h5-10H,11H2,1-4H3,(H,20,22). The Labute approximate surface area is 158 Å². The topological polar surface area (TPSA) is 75.7 Å². The van der Waals surface area contributed by atoms with Gasteiger partial charge in [-0.1, -0.05) is 29.3 Å². The molecule has 0 aromatic heterocycles. The van der Waals surface area contributed by atoms with Crippen LogP contribution in [0.1, 0.15) is 11.1 Å². The largest absolute Gasteiger partial charge is 0.495 e. The van der Waals surface area contributed by atoms with Gasteiger partial charge in [-0.15, -0.1) is 0 Å². The van der Waals surface area contributed by atoms with Gasteiger partial charge in [0.05, 0.1) is 24.1 Å². The number of rotatable bonds is 6. The molecular weight excluding hydrogens is 376 g/mol. The van der Waals surface area contributed by atoms with Crippen LogP contribution in [0.5, 0.6) is 5.75 Å². The molecule has 1 N–H and O–H groups in total. The summed E-state index contributed by atoms with van der Waals surface area (Å²) in [5.41, 5.74) is 2.90. The van der Waals surface area contributed by atoms with Crippen molar-refractivity contribution in [3.05, 3.63) is 52.5 Å². The van der Waals surface area contributed by atoms with Crippen LogP contribution in [0.4, 0.5) is 11.4 Å². The SMILES string of the molecule is COc1ccc(N(CC(=O)Nc2ccc(C)cc2C)S(C)(=O)=O)cc1Cl. The second-order valence-electron chi connectivity index (χ2n) is 5.96. The van der Waals surface area contributed by atoms with Crippen molar-refractivity contribution in [2.75, 3.05) is 29.5 Å². The Kier molecular flexibility index (Phi) is 6.15. The van der Waals surface area contributed by atoms with Gasteiger partial charge in [0.15, 0.2) is 0 Å². The normalized spacial score (nSPS) is 11.1. The summed E-state index contributed by atoms with van der Waals surface area (Å²) < 4.78 is 30.4. The molecule has 0 atom stereocenters. The third kappa shape index (κ3) is 4.89. The van der Waals surface area contributed by atoms with Gasteiger partial charge >= 0.3 is 0 Å². The van der Waals surface area contributed by atoms with Crippen LogP contribution in [0.3, 0.4) is 0 Å². The van der Waals surface area contributed by atoms with E-state index in [1.165, 1.54) is 19.2 Å². The number of hydrogen-bond donors (Lipinski definition) is 1. The maximum atomic E-state index is 12.4. The zero-order valence-corrected chi connectivity index (χ0v) is 16.6. The molecule has 0 heterocycles. The van der Waals surface area contributed by atoms with E-state index in [-0.39, 0.29) is 17.3 Å². The van der Waals surface area contributed by atoms with Gasteiger partial charge in [-0.25, -0.2) is 8.42 Å². The molecule has 140 valence electrons. The molecule has 8 heteroatoms. The van der Waals surface area contributed by atoms with Crippen molar-refractivity contribution in [3.63, 3.8) is 0 Å². The molecule has 2 aromatic rings. The minimum Gasteiger partial charge on any atom is -0.495 e. The number of nitrogens with one attached hydrogen (secondary N) is 1. The van der Waals surface area contributed by atoms with Crippen LogP contribution in [0, 0.1) is 13.8 Å². The lowest BCUT2D eigenvalue weighted by atomic mass is 10.1. The van der Waals surface area contributed by atoms with E-state index in [1.807, 2.05) is 26.0 Å². The average Bonchev–Trinajstić information content (AvgIpc) is 2.54. The van der Waals surface area contributed by atoms with Gasteiger partial charge in [0.1, 0.15) is 12.3 Å². The first-order chi connectivity index (χ1) is 12.1. The molecule has 0 aliphatic rings. The molecule has 26 heavy (non-hydrogen) atoms. The molecule has 0 aliphatic carbocycles. The number of halogens is 1. The van der Waals surface area contributed by atoms with E-state index in [9.17, 15) is 13.2 Å². The number of ether oxygens (including phenoxy) is 1. The highest BCUT2D eigenvalue weighted by atomic mass is 35.5. The van der Waals surface area contributed by atoms with E-state index in [1.54, 1.807) is 12.1 Å². The molecule has 0 fully saturated rings. The van der Waals surface area contributed by atoms with Crippen molar-refractivity contribution in [2.45, 2.75) is 13.8 Å². The number of aryl methyl sites for hydroxylation is 2. The fourth-order valence-electron chi connectivity index (χ4n) is 2.48. The highest BCUT2D eigenvalue weighted by molar-refractivity contribution is 7.92. The minimum atomic E-state index is -3.69. The smallest absolute Gasteiger partial charge is 0.245 e. The molecule has 6 nitrogen and oxygen atoms in total. The fourth-order valence-corrected chi connectivity index (χ4v) is 3.58. The molecule has 2 aromatic carbocycles. The summed E-state index contributed by atoms with van der Waals surface area (Å²) in [5.74, 6) is -0.0297. The number of amides is 1. The number of methoxy groups -OCH3 is 1. The van der Waals surface area contributed by atoms with Gasteiger partial charge in [0.25, 0.3) is 0 Å². The monoisotopic (exact) mass is 396 g/mol. The number of benzene rings is 2. The summed E-state index contributed by atoms with van der Waals surface area (Å²) in [6.45, 7) is 3.46.